The normalized spacial score (nSPS) is 12.2. The molecule has 2 aromatic heterocycles. The number of carbonyl (C=O) groups excluding carboxylic acids is 1. The maximum atomic E-state index is 12.4. The molecule has 1 aliphatic heterocycles. The Morgan fingerprint density at radius 3 is 2.69 bits per heavy atom. The predicted octanol–water partition coefficient (Wildman–Crippen LogP) is 4.68. The molecule has 5 rings (SSSR count). The molecule has 3 heterocycles. The molecule has 0 saturated carbocycles. The summed E-state index contributed by atoms with van der Waals surface area (Å²) in [5, 5.41) is 5.66. The van der Waals surface area contributed by atoms with Crippen molar-refractivity contribution in [2.75, 3.05) is 17.4 Å². The summed E-state index contributed by atoms with van der Waals surface area (Å²) >= 11 is 0. The summed E-state index contributed by atoms with van der Waals surface area (Å²) in [6.45, 7) is 2.23. The zero-order chi connectivity index (χ0) is 19.8. The van der Waals surface area contributed by atoms with Gasteiger partial charge >= 0.3 is 6.03 Å². The second kappa shape index (κ2) is 6.87. The monoisotopic (exact) mass is 386 g/mol. The molecule has 29 heavy (non-hydrogen) atoms. The Labute approximate surface area is 166 Å². The first-order valence-electron chi connectivity index (χ1n) is 9.18. The number of aryl methyl sites for hydroxylation is 1. The van der Waals surface area contributed by atoms with Crippen molar-refractivity contribution < 1.29 is 14.3 Å². The first kappa shape index (κ1) is 17.1. The van der Waals surface area contributed by atoms with Crippen molar-refractivity contribution in [1.29, 1.82) is 0 Å². The molecule has 2 aromatic carbocycles. The number of rotatable bonds is 3. The van der Waals surface area contributed by atoms with Crippen molar-refractivity contribution in [2.45, 2.75) is 6.92 Å². The summed E-state index contributed by atoms with van der Waals surface area (Å²) in [5.74, 6) is 1.29. The largest absolute Gasteiger partial charge is 0.454 e. The number of benzene rings is 2. The van der Waals surface area contributed by atoms with Gasteiger partial charge in [0.15, 0.2) is 11.5 Å². The van der Waals surface area contributed by atoms with Crippen LogP contribution in [0.15, 0.2) is 67.0 Å². The predicted molar refractivity (Wildman–Crippen MR) is 111 cm³/mol. The van der Waals surface area contributed by atoms with Crippen LogP contribution in [0.1, 0.15) is 5.56 Å². The summed E-state index contributed by atoms with van der Waals surface area (Å²) in [7, 11) is 0. The third-order valence-corrected chi connectivity index (χ3v) is 4.72. The molecule has 0 fully saturated rings. The quantitative estimate of drug-likeness (QED) is 0.536. The lowest BCUT2D eigenvalue weighted by atomic mass is 10.1. The molecule has 7 nitrogen and oxygen atoms in total. The number of imidazole rings is 1. The fourth-order valence-corrected chi connectivity index (χ4v) is 3.32. The summed E-state index contributed by atoms with van der Waals surface area (Å²) in [5.41, 5.74) is 5.10. The molecule has 0 aliphatic carbocycles. The van der Waals surface area contributed by atoms with Crippen LogP contribution in [-0.2, 0) is 0 Å². The molecule has 0 atom stereocenters. The fraction of sp³-hybridized carbons (Fsp3) is 0.0909. The molecule has 2 amide bonds. The Morgan fingerprint density at radius 2 is 1.83 bits per heavy atom. The molecule has 0 saturated heterocycles. The van der Waals surface area contributed by atoms with Gasteiger partial charge in [-0.15, -0.1) is 0 Å². The number of hydrogen-bond donors (Lipinski definition) is 2. The van der Waals surface area contributed by atoms with Crippen molar-refractivity contribution in [3.05, 3.63) is 72.6 Å². The number of nitrogens with one attached hydrogen (secondary N) is 2. The number of hydrogen-bond acceptors (Lipinski definition) is 4. The van der Waals surface area contributed by atoms with Crippen LogP contribution in [0.5, 0.6) is 11.5 Å². The highest BCUT2D eigenvalue weighted by Gasteiger charge is 2.14. The van der Waals surface area contributed by atoms with Crippen LogP contribution in [0, 0.1) is 6.92 Å². The van der Waals surface area contributed by atoms with Gasteiger partial charge in [-0.2, -0.15) is 0 Å². The van der Waals surface area contributed by atoms with E-state index in [9.17, 15) is 4.79 Å². The Balaban J connectivity index is 1.34. The van der Waals surface area contributed by atoms with Gasteiger partial charge in [0.1, 0.15) is 5.65 Å². The minimum absolute atomic E-state index is 0.195. The highest BCUT2D eigenvalue weighted by atomic mass is 16.7. The van der Waals surface area contributed by atoms with Crippen molar-refractivity contribution in [1.82, 2.24) is 9.38 Å². The number of pyridine rings is 1. The molecule has 7 heteroatoms. The van der Waals surface area contributed by atoms with E-state index in [2.05, 4.69) is 10.6 Å². The maximum Gasteiger partial charge on any atom is 0.323 e. The van der Waals surface area contributed by atoms with E-state index in [4.69, 9.17) is 14.5 Å². The van der Waals surface area contributed by atoms with Gasteiger partial charge in [0.2, 0.25) is 6.79 Å². The number of aromatic nitrogens is 2. The molecule has 0 bridgehead atoms. The van der Waals surface area contributed by atoms with Gasteiger partial charge in [-0.3, -0.25) is 0 Å². The summed E-state index contributed by atoms with van der Waals surface area (Å²) in [4.78, 5) is 17.1. The highest BCUT2D eigenvalue weighted by molar-refractivity contribution is 6.00. The number of amides is 2. The minimum atomic E-state index is -0.341. The van der Waals surface area contributed by atoms with Gasteiger partial charge in [0.05, 0.1) is 5.69 Å². The van der Waals surface area contributed by atoms with Gasteiger partial charge in [-0.25, -0.2) is 9.78 Å². The number of anilines is 2. The maximum absolute atomic E-state index is 12.4. The van der Waals surface area contributed by atoms with Crippen LogP contribution >= 0.6 is 0 Å². The molecule has 2 N–H and O–H groups in total. The molecule has 4 aromatic rings. The van der Waals surface area contributed by atoms with E-state index in [1.165, 1.54) is 0 Å². The molecular formula is C22H18N4O3. The lowest BCUT2D eigenvalue weighted by Gasteiger charge is -2.09. The van der Waals surface area contributed by atoms with E-state index >= 15 is 0 Å². The van der Waals surface area contributed by atoms with Crippen molar-refractivity contribution in [3.8, 4) is 22.8 Å². The molecule has 0 unspecified atom stereocenters. The second-order valence-corrected chi connectivity index (χ2v) is 6.78. The molecule has 0 radical (unpaired) electrons. The Kier molecular flexibility index (Phi) is 4.05. The smallest absolute Gasteiger partial charge is 0.323 e. The van der Waals surface area contributed by atoms with Gasteiger partial charge < -0.3 is 24.5 Å². The molecular weight excluding hydrogens is 368 g/mol. The van der Waals surface area contributed by atoms with E-state index in [0.717, 1.165) is 22.5 Å². The zero-order valence-electron chi connectivity index (χ0n) is 15.7. The van der Waals surface area contributed by atoms with Gasteiger partial charge in [0.25, 0.3) is 0 Å². The number of nitrogens with zero attached hydrogens (tertiary/aromatic N) is 2. The molecule has 1 aliphatic rings. The van der Waals surface area contributed by atoms with E-state index in [1.54, 1.807) is 18.2 Å². The topological polar surface area (TPSA) is 76.9 Å². The standard InChI is InChI=1S/C22H18N4O3/c1-14-4-3-9-26-12-18(25-21(14)26)15-5-2-6-16(10-15)23-22(27)24-17-7-8-19-20(11-17)29-13-28-19/h2-12H,13H2,1H3,(H2,23,24,27). The second-order valence-electron chi connectivity index (χ2n) is 6.78. The average molecular weight is 386 g/mol. The SMILES string of the molecule is Cc1cccn2cc(-c3cccc(NC(=O)Nc4ccc5c(c4)OCO5)c3)nc12. The number of fused-ring (bicyclic) bond motifs is 2. The molecule has 144 valence electrons. The fourth-order valence-electron chi connectivity index (χ4n) is 3.32. The van der Waals surface area contributed by atoms with Gasteiger partial charge in [-0.1, -0.05) is 18.2 Å². The number of carbonyl (C=O) groups is 1. The first-order chi connectivity index (χ1) is 14.2. The lowest BCUT2D eigenvalue weighted by molar-refractivity contribution is 0.174. The van der Waals surface area contributed by atoms with E-state index in [1.807, 2.05) is 60.1 Å². The summed E-state index contributed by atoms with van der Waals surface area (Å²) < 4.78 is 12.6. The van der Waals surface area contributed by atoms with Crippen LogP contribution < -0.4 is 20.1 Å². The highest BCUT2D eigenvalue weighted by Crippen LogP contribution is 2.34. The third kappa shape index (κ3) is 3.34. The first-order valence-corrected chi connectivity index (χ1v) is 9.18. The van der Waals surface area contributed by atoms with E-state index in [0.29, 0.717) is 22.9 Å². The van der Waals surface area contributed by atoms with Crippen molar-refractivity contribution in [3.63, 3.8) is 0 Å². The lowest BCUT2D eigenvalue weighted by Crippen LogP contribution is -2.19. The minimum Gasteiger partial charge on any atom is -0.454 e. The van der Waals surface area contributed by atoms with Crippen LogP contribution in [0.4, 0.5) is 16.2 Å². The van der Waals surface area contributed by atoms with Crippen molar-refractivity contribution >= 4 is 23.1 Å². The van der Waals surface area contributed by atoms with Crippen LogP contribution in [0.2, 0.25) is 0 Å². The van der Waals surface area contributed by atoms with Crippen LogP contribution in [0.3, 0.4) is 0 Å². The Hall–Kier alpha value is -4.00. The summed E-state index contributed by atoms with van der Waals surface area (Å²) in [6.07, 6.45) is 3.95. The van der Waals surface area contributed by atoms with Crippen LogP contribution in [0.25, 0.3) is 16.9 Å². The number of urea groups is 1. The van der Waals surface area contributed by atoms with Crippen LogP contribution in [-0.4, -0.2) is 22.2 Å². The summed E-state index contributed by atoms with van der Waals surface area (Å²) in [6, 6.07) is 16.5. The third-order valence-electron chi connectivity index (χ3n) is 4.72. The molecule has 0 spiro atoms. The Bertz CT molecular complexity index is 1230. The van der Waals surface area contributed by atoms with Gasteiger partial charge in [0, 0.05) is 35.4 Å². The van der Waals surface area contributed by atoms with E-state index in [-0.39, 0.29) is 12.8 Å². The van der Waals surface area contributed by atoms with E-state index < -0.39 is 0 Å². The number of ether oxygens (including phenoxy) is 2. The van der Waals surface area contributed by atoms with Gasteiger partial charge in [-0.05, 0) is 42.8 Å². The average Bonchev–Trinajstić information content (AvgIpc) is 3.35. The zero-order valence-corrected chi connectivity index (χ0v) is 15.7. The Morgan fingerprint density at radius 1 is 1.00 bits per heavy atom. The van der Waals surface area contributed by atoms with Crippen molar-refractivity contribution in [2.24, 2.45) is 0 Å².